The van der Waals surface area contributed by atoms with E-state index >= 15 is 0 Å². The van der Waals surface area contributed by atoms with Crippen LogP contribution >= 0.6 is 0 Å². The number of anilines is 2. The van der Waals surface area contributed by atoms with Crippen LogP contribution in [0.5, 0.6) is 0 Å². The van der Waals surface area contributed by atoms with Gasteiger partial charge in [0, 0.05) is 38.0 Å². The molecule has 6 heteroatoms. The molecule has 106 valence electrons. The molecule has 0 atom stereocenters. The fourth-order valence-corrected chi connectivity index (χ4v) is 2.06. The number of nitrogens with zero attached hydrogens (tertiary/aromatic N) is 4. The lowest BCUT2D eigenvalue weighted by Crippen LogP contribution is -2.22. The number of hydrogen-bond donors (Lipinski definition) is 2. The molecular weight excluding hydrogens is 252 g/mol. The van der Waals surface area contributed by atoms with Gasteiger partial charge in [-0.25, -0.2) is 15.8 Å². The van der Waals surface area contributed by atoms with Crippen LogP contribution in [0.25, 0.3) is 0 Å². The minimum Gasteiger partial charge on any atom is -0.355 e. The molecule has 20 heavy (non-hydrogen) atoms. The van der Waals surface area contributed by atoms with Gasteiger partial charge < -0.3 is 10.3 Å². The molecule has 3 N–H and O–H groups in total. The second-order valence-corrected chi connectivity index (χ2v) is 4.65. The summed E-state index contributed by atoms with van der Waals surface area (Å²) in [5.41, 5.74) is 4.71. The SMILES string of the molecule is CCc1nc(NN)c(C)c(N(C)Cc2cccnc2)n1. The molecule has 0 saturated carbocycles. The topological polar surface area (TPSA) is 80.0 Å². The van der Waals surface area contributed by atoms with Crippen molar-refractivity contribution in [2.24, 2.45) is 5.84 Å². The molecule has 2 aromatic rings. The summed E-state index contributed by atoms with van der Waals surface area (Å²) in [5, 5.41) is 0. The number of rotatable bonds is 5. The van der Waals surface area contributed by atoms with Gasteiger partial charge in [-0.3, -0.25) is 4.98 Å². The highest BCUT2D eigenvalue weighted by atomic mass is 15.3. The predicted molar refractivity (Wildman–Crippen MR) is 80.3 cm³/mol. The van der Waals surface area contributed by atoms with Crippen molar-refractivity contribution in [3.05, 3.63) is 41.5 Å². The normalized spacial score (nSPS) is 10.4. The van der Waals surface area contributed by atoms with E-state index in [1.165, 1.54) is 0 Å². The highest BCUT2D eigenvalue weighted by Crippen LogP contribution is 2.23. The molecule has 0 aliphatic heterocycles. The van der Waals surface area contributed by atoms with Gasteiger partial charge in [-0.2, -0.15) is 0 Å². The zero-order valence-corrected chi connectivity index (χ0v) is 12.1. The molecule has 0 aliphatic carbocycles. The van der Waals surface area contributed by atoms with Crippen molar-refractivity contribution >= 4 is 11.6 Å². The third-order valence-corrected chi connectivity index (χ3v) is 3.12. The summed E-state index contributed by atoms with van der Waals surface area (Å²) in [7, 11) is 2.00. The van der Waals surface area contributed by atoms with E-state index in [1.807, 2.05) is 39.2 Å². The first-order chi connectivity index (χ1) is 9.65. The zero-order chi connectivity index (χ0) is 14.5. The quantitative estimate of drug-likeness (QED) is 0.636. The maximum absolute atomic E-state index is 5.53. The molecule has 0 fully saturated rings. The number of hydrazine groups is 1. The van der Waals surface area contributed by atoms with Crippen molar-refractivity contribution in [2.75, 3.05) is 17.4 Å². The number of aromatic nitrogens is 3. The Bertz CT molecular complexity index is 569. The monoisotopic (exact) mass is 272 g/mol. The Labute approximate surface area is 119 Å². The maximum atomic E-state index is 5.53. The van der Waals surface area contributed by atoms with E-state index in [4.69, 9.17) is 5.84 Å². The number of hydrogen-bond acceptors (Lipinski definition) is 6. The molecule has 0 aromatic carbocycles. The van der Waals surface area contributed by atoms with E-state index < -0.39 is 0 Å². The van der Waals surface area contributed by atoms with Crippen LogP contribution in [0.2, 0.25) is 0 Å². The largest absolute Gasteiger partial charge is 0.355 e. The number of aryl methyl sites for hydroxylation is 1. The van der Waals surface area contributed by atoms with E-state index in [0.29, 0.717) is 5.82 Å². The van der Waals surface area contributed by atoms with Crippen LogP contribution in [0.3, 0.4) is 0 Å². The zero-order valence-electron chi connectivity index (χ0n) is 12.1. The van der Waals surface area contributed by atoms with Gasteiger partial charge in [-0.1, -0.05) is 13.0 Å². The first-order valence-electron chi connectivity index (χ1n) is 6.59. The Kier molecular flexibility index (Phi) is 4.47. The number of nitrogens with two attached hydrogens (primary N) is 1. The second-order valence-electron chi connectivity index (χ2n) is 4.65. The predicted octanol–water partition coefficient (Wildman–Crippen LogP) is 1.66. The lowest BCUT2D eigenvalue weighted by molar-refractivity contribution is 0.846. The number of pyridine rings is 1. The van der Waals surface area contributed by atoms with Gasteiger partial charge in [0.1, 0.15) is 17.5 Å². The van der Waals surface area contributed by atoms with E-state index in [1.54, 1.807) is 6.20 Å². The summed E-state index contributed by atoms with van der Waals surface area (Å²) >= 11 is 0. The average molecular weight is 272 g/mol. The van der Waals surface area contributed by atoms with Crippen LogP contribution in [0.1, 0.15) is 23.9 Å². The summed E-state index contributed by atoms with van der Waals surface area (Å²) in [6.07, 6.45) is 4.39. The summed E-state index contributed by atoms with van der Waals surface area (Å²) in [4.78, 5) is 15.2. The van der Waals surface area contributed by atoms with Crippen molar-refractivity contribution in [3.63, 3.8) is 0 Å². The highest BCUT2D eigenvalue weighted by Gasteiger charge is 2.13. The van der Waals surface area contributed by atoms with E-state index in [-0.39, 0.29) is 0 Å². The molecule has 0 unspecified atom stereocenters. The lowest BCUT2D eigenvalue weighted by Gasteiger charge is -2.22. The number of nitrogen functional groups attached to an aromatic ring is 1. The minimum absolute atomic E-state index is 0.671. The highest BCUT2D eigenvalue weighted by molar-refractivity contribution is 5.58. The molecule has 0 radical (unpaired) electrons. The third-order valence-electron chi connectivity index (χ3n) is 3.12. The first-order valence-corrected chi connectivity index (χ1v) is 6.59. The van der Waals surface area contributed by atoms with Crippen LogP contribution in [0, 0.1) is 6.92 Å². The molecule has 2 aromatic heterocycles. The summed E-state index contributed by atoms with van der Waals surface area (Å²) < 4.78 is 0. The standard InChI is InChI=1S/C14H20N6/c1-4-12-17-13(19-15)10(2)14(18-12)20(3)9-11-6-5-7-16-8-11/h5-8H,4,9,15H2,1-3H3,(H,17,18,19). The van der Waals surface area contributed by atoms with Crippen LogP contribution in [0.4, 0.5) is 11.6 Å². The van der Waals surface area contributed by atoms with Crippen molar-refractivity contribution in [1.82, 2.24) is 15.0 Å². The minimum atomic E-state index is 0.671. The Hall–Kier alpha value is -2.21. The molecule has 6 nitrogen and oxygen atoms in total. The molecule has 2 heterocycles. The molecule has 2 rings (SSSR count). The average Bonchev–Trinajstić information content (AvgIpc) is 2.48. The Morgan fingerprint density at radius 1 is 1.35 bits per heavy atom. The van der Waals surface area contributed by atoms with E-state index in [0.717, 1.165) is 35.7 Å². The molecule has 0 saturated heterocycles. The summed E-state index contributed by atoms with van der Waals surface area (Å²) in [6, 6.07) is 3.98. The van der Waals surface area contributed by atoms with Crippen LogP contribution < -0.4 is 16.2 Å². The lowest BCUT2D eigenvalue weighted by atomic mass is 10.2. The summed E-state index contributed by atoms with van der Waals surface area (Å²) in [6.45, 7) is 4.72. The molecular formula is C14H20N6. The smallest absolute Gasteiger partial charge is 0.148 e. The van der Waals surface area contributed by atoms with Gasteiger partial charge in [0.05, 0.1) is 0 Å². The van der Waals surface area contributed by atoms with Gasteiger partial charge in [-0.15, -0.1) is 0 Å². The van der Waals surface area contributed by atoms with Gasteiger partial charge in [-0.05, 0) is 18.6 Å². The third kappa shape index (κ3) is 3.03. The van der Waals surface area contributed by atoms with E-state index in [2.05, 4.69) is 25.3 Å². The van der Waals surface area contributed by atoms with Crippen molar-refractivity contribution in [3.8, 4) is 0 Å². The maximum Gasteiger partial charge on any atom is 0.148 e. The van der Waals surface area contributed by atoms with Gasteiger partial charge in [0.15, 0.2) is 0 Å². The molecule has 0 spiro atoms. The van der Waals surface area contributed by atoms with Crippen LogP contribution in [0.15, 0.2) is 24.5 Å². The molecule has 0 amide bonds. The second kappa shape index (κ2) is 6.29. The molecule has 0 aliphatic rings. The fourth-order valence-electron chi connectivity index (χ4n) is 2.06. The Morgan fingerprint density at radius 2 is 2.15 bits per heavy atom. The number of nitrogens with one attached hydrogen (secondary N) is 1. The summed E-state index contributed by atoms with van der Waals surface area (Å²) in [5.74, 6) is 7.86. The van der Waals surface area contributed by atoms with Crippen LogP contribution in [-0.2, 0) is 13.0 Å². The Morgan fingerprint density at radius 3 is 2.75 bits per heavy atom. The van der Waals surface area contributed by atoms with Gasteiger partial charge >= 0.3 is 0 Å². The van der Waals surface area contributed by atoms with E-state index in [9.17, 15) is 0 Å². The first kappa shape index (κ1) is 14.2. The Balaban J connectivity index is 2.31. The molecule has 0 bridgehead atoms. The fraction of sp³-hybridized carbons (Fsp3) is 0.357. The van der Waals surface area contributed by atoms with Crippen molar-refractivity contribution < 1.29 is 0 Å². The van der Waals surface area contributed by atoms with Crippen molar-refractivity contribution in [1.29, 1.82) is 0 Å². The van der Waals surface area contributed by atoms with Gasteiger partial charge in [0.2, 0.25) is 0 Å². The van der Waals surface area contributed by atoms with Crippen LogP contribution in [-0.4, -0.2) is 22.0 Å². The van der Waals surface area contributed by atoms with Gasteiger partial charge in [0.25, 0.3) is 0 Å². The van der Waals surface area contributed by atoms with Crippen molar-refractivity contribution in [2.45, 2.75) is 26.8 Å².